The molecule has 2 aromatic rings. The van der Waals surface area contributed by atoms with Crippen molar-refractivity contribution in [2.24, 2.45) is 44.6 Å². The Labute approximate surface area is 351 Å². The van der Waals surface area contributed by atoms with E-state index < -0.39 is 65.4 Å². The van der Waals surface area contributed by atoms with Gasteiger partial charge in [-0.25, -0.2) is 9.38 Å². The largest absolute Gasteiger partial charge is 0.370 e. The Kier molecular flexibility index (Phi) is 21.5. The highest BCUT2D eigenvalue weighted by Crippen LogP contribution is 2.17. The molecule has 0 saturated heterocycles. The van der Waals surface area contributed by atoms with Crippen LogP contribution in [0.4, 0.5) is 10.1 Å². The number of aliphatic imine (C=N–C) groups is 2. The summed E-state index contributed by atoms with van der Waals surface area (Å²) in [6, 6.07) is 6.60. The second-order valence-corrected chi connectivity index (χ2v) is 14.9. The van der Waals surface area contributed by atoms with E-state index >= 15 is 0 Å². The smallest absolute Gasteiger partial charge is 0.244 e. The second-order valence-electron chi connectivity index (χ2n) is 14.9. The molecule has 4 atom stereocenters. The van der Waals surface area contributed by atoms with Crippen molar-refractivity contribution in [1.29, 1.82) is 0 Å². The lowest BCUT2D eigenvalue weighted by atomic mass is 9.99. The Hall–Kier alpha value is -6.33. The minimum Gasteiger partial charge on any atom is -0.370 e. The fraction of sp³-hybridized carbons (Fsp3) is 0.476. The van der Waals surface area contributed by atoms with Crippen molar-refractivity contribution in [2.45, 2.75) is 116 Å². The Morgan fingerprint density at radius 3 is 1.88 bits per heavy atom. The van der Waals surface area contributed by atoms with Gasteiger partial charge in [0, 0.05) is 32.7 Å². The van der Waals surface area contributed by atoms with Crippen LogP contribution < -0.4 is 44.6 Å². The first-order chi connectivity index (χ1) is 28.4. The molecular formula is C42H62FN11O6. The molecular weight excluding hydrogens is 774 g/mol. The van der Waals surface area contributed by atoms with Crippen LogP contribution >= 0.6 is 0 Å². The number of nitrogens with zero attached hydrogens (tertiary/aromatic N) is 3. The van der Waals surface area contributed by atoms with E-state index in [4.69, 9.17) is 28.7 Å². The summed E-state index contributed by atoms with van der Waals surface area (Å²) in [7, 11) is 0. The van der Waals surface area contributed by atoms with Crippen molar-refractivity contribution in [1.82, 2.24) is 20.9 Å². The number of nitrogens with one attached hydrogen (secondary N) is 3. The SMILES string of the molecule is CCCCC/C=C/CC(=O)N(C(C)=O)C(Cc1ccc(F)cc1)C(=O)NC(Cc1ccc(N=C(N)N)cc1)C(=O)NC(CC(C)C)C(=O)NC(CCCN=C(N)N)C(N)=O. The van der Waals surface area contributed by atoms with Crippen LogP contribution in [0.15, 0.2) is 70.7 Å². The molecule has 4 unspecified atom stereocenters. The van der Waals surface area contributed by atoms with Gasteiger partial charge < -0.3 is 44.6 Å². The van der Waals surface area contributed by atoms with Gasteiger partial charge in [0.15, 0.2) is 11.9 Å². The van der Waals surface area contributed by atoms with Crippen LogP contribution in [0.3, 0.4) is 0 Å². The van der Waals surface area contributed by atoms with Crippen LogP contribution in [-0.2, 0) is 41.6 Å². The number of nitrogens with two attached hydrogens (primary N) is 5. The predicted octanol–water partition coefficient (Wildman–Crippen LogP) is 1.83. The molecule has 0 spiro atoms. The summed E-state index contributed by atoms with van der Waals surface area (Å²) in [5.41, 5.74) is 28.8. The summed E-state index contributed by atoms with van der Waals surface area (Å²) in [6.07, 6.45) is 7.29. The van der Waals surface area contributed by atoms with E-state index in [1.807, 2.05) is 19.9 Å². The summed E-state index contributed by atoms with van der Waals surface area (Å²) >= 11 is 0. The van der Waals surface area contributed by atoms with Crippen LogP contribution in [0.5, 0.6) is 0 Å². The number of rotatable bonds is 25. The number of primary amides is 1. The van der Waals surface area contributed by atoms with Crippen LogP contribution in [0, 0.1) is 11.7 Å². The molecule has 0 bridgehead atoms. The van der Waals surface area contributed by atoms with Crippen LogP contribution in [0.25, 0.3) is 0 Å². The third-order valence-electron chi connectivity index (χ3n) is 9.21. The summed E-state index contributed by atoms with van der Waals surface area (Å²) in [5, 5.41) is 8.07. The van der Waals surface area contributed by atoms with Crippen molar-refractivity contribution < 1.29 is 33.2 Å². The lowest BCUT2D eigenvalue weighted by Gasteiger charge is -2.31. The molecule has 13 N–H and O–H groups in total. The molecule has 0 aromatic heterocycles. The van der Waals surface area contributed by atoms with Crippen molar-refractivity contribution in [2.75, 3.05) is 6.54 Å². The quantitative estimate of drug-likeness (QED) is 0.0311. The van der Waals surface area contributed by atoms with Crippen LogP contribution in [0.1, 0.15) is 90.2 Å². The highest BCUT2D eigenvalue weighted by Gasteiger charge is 2.36. The minimum absolute atomic E-state index is 0.115. The number of allylic oxidation sites excluding steroid dienone is 1. The van der Waals surface area contributed by atoms with Gasteiger partial charge in [0.25, 0.3) is 0 Å². The molecule has 60 heavy (non-hydrogen) atoms. The third-order valence-corrected chi connectivity index (χ3v) is 9.21. The maximum atomic E-state index is 14.4. The Bertz CT molecular complexity index is 1830. The average molecular weight is 836 g/mol. The van der Waals surface area contributed by atoms with Gasteiger partial charge in [-0.2, -0.15) is 0 Å². The van der Waals surface area contributed by atoms with E-state index in [2.05, 4.69) is 32.9 Å². The first kappa shape index (κ1) is 49.8. The zero-order chi connectivity index (χ0) is 44.8. The highest BCUT2D eigenvalue weighted by atomic mass is 19.1. The zero-order valence-electron chi connectivity index (χ0n) is 35.0. The molecule has 0 aliphatic rings. The first-order valence-electron chi connectivity index (χ1n) is 20.1. The number of halogens is 1. The topological polar surface area (TPSA) is 297 Å². The van der Waals surface area contributed by atoms with Crippen LogP contribution in [-0.4, -0.2) is 83.0 Å². The summed E-state index contributed by atoms with van der Waals surface area (Å²) in [5.74, 6) is -5.45. The molecule has 2 aromatic carbocycles. The number of carbonyl (C=O) groups is 6. The fourth-order valence-corrected chi connectivity index (χ4v) is 6.23. The van der Waals surface area contributed by atoms with E-state index in [-0.39, 0.29) is 56.5 Å². The van der Waals surface area contributed by atoms with Crippen molar-refractivity contribution >= 4 is 53.0 Å². The zero-order valence-corrected chi connectivity index (χ0v) is 35.0. The minimum atomic E-state index is -1.46. The molecule has 0 aliphatic heterocycles. The standard InChI is InChI=1S/C42H62FN11O6/c1-5-6-7-8-9-10-13-36(56)54(27(4)55)35(25-29-14-18-30(43)19-15-29)40(60)53-34(24-28-16-20-31(21-17-28)50-42(47)48)39(59)52-33(23-26(2)3)38(58)51-32(37(44)57)12-11-22-49-41(45)46/h9-10,14-21,26,32-35H,5-8,11-13,22-25H2,1-4H3,(H2,44,57)(H,51,58)(H,52,59)(H,53,60)(H4,45,46,49)(H4,47,48,50)/b10-9+. The van der Waals surface area contributed by atoms with Gasteiger partial charge in [-0.3, -0.25) is 38.7 Å². The van der Waals surface area contributed by atoms with Gasteiger partial charge in [-0.15, -0.1) is 0 Å². The number of amides is 6. The Balaban J connectivity index is 2.55. The van der Waals surface area contributed by atoms with Gasteiger partial charge in [-0.05, 0) is 73.4 Å². The van der Waals surface area contributed by atoms with Crippen molar-refractivity contribution in [3.63, 3.8) is 0 Å². The maximum Gasteiger partial charge on any atom is 0.244 e. The molecule has 0 aliphatic carbocycles. The van der Waals surface area contributed by atoms with Gasteiger partial charge in [-0.1, -0.05) is 70.0 Å². The number of hydrogen-bond donors (Lipinski definition) is 8. The second kappa shape index (κ2) is 25.9. The van der Waals surface area contributed by atoms with Crippen LogP contribution in [0.2, 0.25) is 0 Å². The number of imide groups is 1. The number of benzene rings is 2. The normalized spacial score (nSPS) is 13.0. The van der Waals surface area contributed by atoms with E-state index in [0.717, 1.165) is 37.5 Å². The fourth-order valence-electron chi connectivity index (χ4n) is 6.23. The van der Waals surface area contributed by atoms with Crippen molar-refractivity contribution in [3.8, 4) is 0 Å². The molecule has 0 heterocycles. The lowest BCUT2D eigenvalue weighted by molar-refractivity contribution is -0.151. The number of hydrogen-bond acceptors (Lipinski definition) is 8. The monoisotopic (exact) mass is 835 g/mol. The predicted molar refractivity (Wildman–Crippen MR) is 229 cm³/mol. The number of guanidine groups is 2. The summed E-state index contributed by atoms with van der Waals surface area (Å²) in [4.78, 5) is 90.3. The highest BCUT2D eigenvalue weighted by molar-refractivity contribution is 6.01. The molecule has 18 heteroatoms. The number of unbranched alkanes of at least 4 members (excludes halogenated alkanes) is 3. The summed E-state index contributed by atoms with van der Waals surface area (Å²) < 4.78 is 13.9. The average Bonchev–Trinajstić information content (AvgIpc) is 3.17. The first-order valence-corrected chi connectivity index (χ1v) is 20.1. The van der Waals surface area contributed by atoms with E-state index in [0.29, 0.717) is 23.2 Å². The molecule has 17 nitrogen and oxygen atoms in total. The maximum absolute atomic E-state index is 14.4. The molecule has 0 saturated carbocycles. The van der Waals surface area contributed by atoms with Gasteiger partial charge in [0.1, 0.15) is 30.0 Å². The molecule has 2 rings (SSSR count). The molecule has 328 valence electrons. The van der Waals surface area contributed by atoms with Gasteiger partial charge in [0.2, 0.25) is 35.4 Å². The van der Waals surface area contributed by atoms with E-state index in [1.165, 1.54) is 24.3 Å². The number of carbonyl (C=O) groups excluding carboxylic acids is 6. The molecule has 0 fully saturated rings. The van der Waals surface area contributed by atoms with Gasteiger partial charge >= 0.3 is 0 Å². The van der Waals surface area contributed by atoms with E-state index in [9.17, 15) is 33.2 Å². The Morgan fingerprint density at radius 2 is 1.32 bits per heavy atom. The Morgan fingerprint density at radius 1 is 0.733 bits per heavy atom. The van der Waals surface area contributed by atoms with E-state index in [1.54, 1.807) is 30.3 Å². The van der Waals surface area contributed by atoms with Gasteiger partial charge in [0.05, 0.1) is 5.69 Å². The summed E-state index contributed by atoms with van der Waals surface area (Å²) in [6.45, 7) is 7.09. The molecule has 6 amide bonds. The molecule has 0 radical (unpaired) electrons. The lowest BCUT2D eigenvalue weighted by Crippen LogP contribution is -2.59. The van der Waals surface area contributed by atoms with Crippen molar-refractivity contribution in [3.05, 3.63) is 77.6 Å². The third kappa shape index (κ3) is 18.5.